The first-order valence-corrected chi connectivity index (χ1v) is 5.76. The summed E-state index contributed by atoms with van der Waals surface area (Å²) in [4.78, 5) is 0. The molecule has 0 aromatic carbocycles. The standard InChI is InChI=1S/C10H14BrNO2/c1-9(2)7-6(5-11)12-13-8(7)10(3,4)14-9/h5H2,1-4H3. The third kappa shape index (κ3) is 1.24. The first-order chi connectivity index (χ1) is 6.38. The van der Waals surface area contributed by atoms with Crippen molar-refractivity contribution in [2.75, 3.05) is 0 Å². The largest absolute Gasteiger partial charge is 0.358 e. The Morgan fingerprint density at radius 1 is 1.21 bits per heavy atom. The van der Waals surface area contributed by atoms with Gasteiger partial charge in [0.05, 0.1) is 11.2 Å². The van der Waals surface area contributed by atoms with Gasteiger partial charge < -0.3 is 9.26 Å². The molecule has 1 aromatic heterocycles. The van der Waals surface area contributed by atoms with E-state index < -0.39 is 0 Å². The molecule has 0 bridgehead atoms. The number of alkyl halides is 1. The van der Waals surface area contributed by atoms with Gasteiger partial charge in [0.1, 0.15) is 11.3 Å². The van der Waals surface area contributed by atoms with E-state index in [9.17, 15) is 0 Å². The SMILES string of the molecule is CC1(C)OC(C)(C)c2c(CBr)noc21. The van der Waals surface area contributed by atoms with Crippen molar-refractivity contribution in [2.24, 2.45) is 0 Å². The molecule has 1 aliphatic heterocycles. The van der Waals surface area contributed by atoms with Gasteiger partial charge in [-0.3, -0.25) is 0 Å². The van der Waals surface area contributed by atoms with Crippen LogP contribution >= 0.6 is 15.9 Å². The van der Waals surface area contributed by atoms with Gasteiger partial charge in [-0.25, -0.2) is 0 Å². The second kappa shape index (κ2) is 2.83. The van der Waals surface area contributed by atoms with Crippen LogP contribution in [-0.2, 0) is 21.3 Å². The molecule has 0 spiro atoms. The second-order valence-electron chi connectivity index (χ2n) is 4.59. The van der Waals surface area contributed by atoms with Gasteiger partial charge in [-0.2, -0.15) is 0 Å². The van der Waals surface area contributed by atoms with Gasteiger partial charge in [-0.1, -0.05) is 21.1 Å². The Bertz CT molecular complexity index is 368. The molecule has 2 rings (SSSR count). The summed E-state index contributed by atoms with van der Waals surface area (Å²) in [7, 11) is 0. The van der Waals surface area contributed by atoms with Crippen LogP contribution in [0.25, 0.3) is 0 Å². The highest BCUT2D eigenvalue weighted by Gasteiger charge is 2.48. The number of rotatable bonds is 1. The molecule has 0 saturated carbocycles. The predicted octanol–water partition coefficient (Wildman–Crippen LogP) is 3.07. The summed E-state index contributed by atoms with van der Waals surface area (Å²) in [6, 6.07) is 0. The fourth-order valence-electron chi connectivity index (χ4n) is 2.18. The Hall–Kier alpha value is -0.350. The summed E-state index contributed by atoms with van der Waals surface area (Å²) in [5.41, 5.74) is 1.36. The average Bonchev–Trinajstić information content (AvgIpc) is 2.51. The molecule has 0 atom stereocenters. The van der Waals surface area contributed by atoms with E-state index in [4.69, 9.17) is 9.26 Å². The Kier molecular flexibility index (Phi) is 2.05. The van der Waals surface area contributed by atoms with E-state index in [0.717, 1.165) is 17.0 Å². The monoisotopic (exact) mass is 259 g/mol. The quantitative estimate of drug-likeness (QED) is 0.728. The van der Waals surface area contributed by atoms with Crippen LogP contribution in [0, 0.1) is 0 Å². The molecule has 3 nitrogen and oxygen atoms in total. The second-order valence-corrected chi connectivity index (χ2v) is 5.15. The highest BCUT2D eigenvalue weighted by molar-refractivity contribution is 9.08. The van der Waals surface area contributed by atoms with Crippen LogP contribution in [0.4, 0.5) is 0 Å². The van der Waals surface area contributed by atoms with Gasteiger partial charge in [-0.15, -0.1) is 0 Å². The number of hydrogen-bond donors (Lipinski definition) is 0. The maximum absolute atomic E-state index is 5.93. The van der Waals surface area contributed by atoms with Crippen LogP contribution in [-0.4, -0.2) is 5.16 Å². The lowest BCUT2D eigenvalue weighted by molar-refractivity contribution is -0.114. The first-order valence-electron chi connectivity index (χ1n) is 4.64. The van der Waals surface area contributed by atoms with Gasteiger partial charge in [0.15, 0.2) is 5.76 Å². The third-order valence-electron chi connectivity index (χ3n) is 2.55. The zero-order valence-corrected chi connectivity index (χ0v) is 10.4. The number of hydrogen-bond acceptors (Lipinski definition) is 3. The average molecular weight is 260 g/mol. The molecule has 4 heteroatoms. The summed E-state index contributed by atoms with van der Waals surface area (Å²) in [6.07, 6.45) is 0. The summed E-state index contributed by atoms with van der Waals surface area (Å²) in [5.74, 6) is 0.858. The summed E-state index contributed by atoms with van der Waals surface area (Å²) < 4.78 is 11.3. The first kappa shape index (κ1) is 10.2. The van der Waals surface area contributed by atoms with E-state index in [0.29, 0.717) is 5.33 Å². The minimum atomic E-state index is -0.369. The fourth-order valence-corrected chi connectivity index (χ4v) is 2.56. The zero-order valence-electron chi connectivity index (χ0n) is 8.85. The normalized spacial score (nSPS) is 22.4. The fraction of sp³-hybridized carbons (Fsp3) is 0.700. The Labute approximate surface area is 91.9 Å². The highest BCUT2D eigenvalue weighted by atomic mass is 79.9. The van der Waals surface area contributed by atoms with Crippen molar-refractivity contribution in [3.63, 3.8) is 0 Å². The van der Waals surface area contributed by atoms with E-state index >= 15 is 0 Å². The Balaban J connectivity index is 2.62. The molecule has 0 amide bonds. The molecule has 78 valence electrons. The molecule has 0 saturated heterocycles. The van der Waals surface area contributed by atoms with Crippen LogP contribution in [0.1, 0.15) is 44.7 Å². The van der Waals surface area contributed by atoms with E-state index in [-0.39, 0.29) is 11.2 Å². The molecule has 1 aliphatic rings. The molecule has 0 N–H and O–H groups in total. The number of ether oxygens (including phenoxy) is 1. The topological polar surface area (TPSA) is 35.3 Å². The van der Waals surface area contributed by atoms with Crippen molar-refractivity contribution in [3.8, 4) is 0 Å². The van der Waals surface area contributed by atoms with Gasteiger partial charge in [0, 0.05) is 5.33 Å². The zero-order chi connectivity index (χ0) is 10.6. The van der Waals surface area contributed by atoms with E-state index in [1.807, 2.05) is 27.7 Å². The van der Waals surface area contributed by atoms with Crippen LogP contribution < -0.4 is 0 Å². The number of halogens is 1. The lowest BCUT2D eigenvalue weighted by atomic mass is 9.96. The van der Waals surface area contributed by atoms with Gasteiger partial charge in [0.2, 0.25) is 0 Å². The van der Waals surface area contributed by atoms with Gasteiger partial charge in [0.25, 0.3) is 0 Å². The molecule has 1 aromatic rings. The van der Waals surface area contributed by atoms with E-state index in [1.165, 1.54) is 0 Å². The molecule has 0 unspecified atom stereocenters. The van der Waals surface area contributed by atoms with Crippen LogP contribution in [0.2, 0.25) is 0 Å². The summed E-state index contributed by atoms with van der Waals surface area (Å²) in [6.45, 7) is 8.10. The van der Waals surface area contributed by atoms with Crippen molar-refractivity contribution < 1.29 is 9.26 Å². The summed E-state index contributed by atoms with van der Waals surface area (Å²) in [5, 5.41) is 4.75. The Morgan fingerprint density at radius 2 is 1.86 bits per heavy atom. The summed E-state index contributed by atoms with van der Waals surface area (Å²) >= 11 is 3.40. The van der Waals surface area contributed by atoms with Crippen LogP contribution in [0.5, 0.6) is 0 Å². The molecular weight excluding hydrogens is 246 g/mol. The van der Waals surface area contributed by atoms with Crippen molar-refractivity contribution >= 4 is 15.9 Å². The Morgan fingerprint density at radius 3 is 2.43 bits per heavy atom. The number of nitrogens with zero attached hydrogens (tertiary/aromatic N) is 1. The molecular formula is C10H14BrNO2. The molecule has 14 heavy (non-hydrogen) atoms. The highest BCUT2D eigenvalue weighted by Crippen LogP contribution is 2.48. The van der Waals surface area contributed by atoms with E-state index in [2.05, 4.69) is 21.1 Å². The van der Waals surface area contributed by atoms with Crippen molar-refractivity contribution in [3.05, 3.63) is 17.0 Å². The molecule has 0 radical (unpaired) electrons. The predicted molar refractivity (Wildman–Crippen MR) is 56.3 cm³/mol. The molecule has 0 aliphatic carbocycles. The lowest BCUT2D eigenvalue weighted by Crippen LogP contribution is -2.23. The smallest absolute Gasteiger partial charge is 0.174 e. The van der Waals surface area contributed by atoms with Gasteiger partial charge >= 0.3 is 0 Å². The molecule has 2 heterocycles. The minimum Gasteiger partial charge on any atom is -0.358 e. The van der Waals surface area contributed by atoms with Crippen molar-refractivity contribution in [2.45, 2.75) is 44.2 Å². The van der Waals surface area contributed by atoms with Gasteiger partial charge in [-0.05, 0) is 27.7 Å². The van der Waals surface area contributed by atoms with E-state index in [1.54, 1.807) is 0 Å². The number of fused-ring (bicyclic) bond motifs is 1. The minimum absolute atomic E-state index is 0.304. The van der Waals surface area contributed by atoms with Crippen LogP contribution in [0.15, 0.2) is 4.52 Å². The maximum atomic E-state index is 5.93. The molecule has 0 fully saturated rings. The maximum Gasteiger partial charge on any atom is 0.174 e. The van der Waals surface area contributed by atoms with Crippen LogP contribution in [0.3, 0.4) is 0 Å². The lowest BCUT2D eigenvalue weighted by Gasteiger charge is -2.24. The third-order valence-corrected chi connectivity index (χ3v) is 3.08. The number of aromatic nitrogens is 1. The van der Waals surface area contributed by atoms with Crippen molar-refractivity contribution in [1.29, 1.82) is 0 Å². The van der Waals surface area contributed by atoms with Crippen molar-refractivity contribution in [1.82, 2.24) is 5.16 Å².